The zero-order valence-corrected chi connectivity index (χ0v) is 18.3. The lowest BCUT2D eigenvalue weighted by molar-refractivity contribution is -0.123. The number of hydrogen-bond acceptors (Lipinski definition) is 5. The standard InChI is InChI=1S/C26H24N2O5/c1-31-22-13-12-19(16-23(22)32-2)27-25(29)14-11-17-7-3-4-8-18(17)15-24-26(30)28-20-9-5-6-10-21(20)33-24/h3-14,16,24H,15H2,1-2H3,(H,27,29)(H,28,30)/b14-11+. The molecule has 1 atom stereocenters. The monoisotopic (exact) mass is 444 g/mol. The van der Waals surface area contributed by atoms with Crippen LogP contribution in [0.3, 0.4) is 0 Å². The van der Waals surface area contributed by atoms with Crippen molar-refractivity contribution in [3.8, 4) is 17.2 Å². The predicted molar refractivity (Wildman–Crippen MR) is 127 cm³/mol. The summed E-state index contributed by atoms with van der Waals surface area (Å²) in [6.45, 7) is 0. The van der Waals surface area contributed by atoms with Crippen LogP contribution in [0.1, 0.15) is 11.1 Å². The summed E-state index contributed by atoms with van der Waals surface area (Å²) in [5.41, 5.74) is 2.97. The van der Waals surface area contributed by atoms with Crippen LogP contribution in [-0.2, 0) is 16.0 Å². The highest BCUT2D eigenvalue weighted by atomic mass is 16.5. The number of nitrogens with one attached hydrogen (secondary N) is 2. The summed E-state index contributed by atoms with van der Waals surface area (Å²) in [5, 5.41) is 5.69. The molecule has 0 radical (unpaired) electrons. The van der Waals surface area contributed by atoms with Gasteiger partial charge in [0, 0.05) is 24.3 Å². The lowest BCUT2D eigenvalue weighted by Gasteiger charge is -2.26. The van der Waals surface area contributed by atoms with E-state index in [0.29, 0.717) is 35.0 Å². The Balaban J connectivity index is 1.45. The smallest absolute Gasteiger partial charge is 0.265 e. The number of methoxy groups -OCH3 is 2. The number of carbonyl (C=O) groups is 2. The molecule has 0 fully saturated rings. The number of ether oxygens (including phenoxy) is 3. The number of amides is 2. The molecule has 0 bridgehead atoms. The Kier molecular flexibility index (Phi) is 6.59. The Labute approximate surface area is 192 Å². The lowest BCUT2D eigenvalue weighted by Crippen LogP contribution is -2.38. The maximum atomic E-state index is 12.5. The summed E-state index contributed by atoms with van der Waals surface area (Å²) < 4.78 is 16.4. The van der Waals surface area contributed by atoms with Crippen LogP contribution in [-0.4, -0.2) is 32.1 Å². The molecule has 0 saturated heterocycles. The van der Waals surface area contributed by atoms with Crippen LogP contribution in [0.5, 0.6) is 17.2 Å². The van der Waals surface area contributed by atoms with Gasteiger partial charge < -0.3 is 24.8 Å². The van der Waals surface area contributed by atoms with Gasteiger partial charge in [-0.2, -0.15) is 0 Å². The van der Waals surface area contributed by atoms with E-state index in [1.165, 1.54) is 13.2 Å². The van der Waals surface area contributed by atoms with Gasteiger partial charge in [0.1, 0.15) is 5.75 Å². The minimum absolute atomic E-state index is 0.196. The minimum atomic E-state index is -0.657. The number of rotatable bonds is 7. The summed E-state index contributed by atoms with van der Waals surface area (Å²) in [6, 6.07) is 20.1. The molecule has 0 aliphatic carbocycles. The lowest BCUT2D eigenvalue weighted by atomic mass is 10.00. The van der Waals surface area contributed by atoms with Crippen molar-refractivity contribution in [3.63, 3.8) is 0 Å². The molecule has 2 N–H and O–H groups in total. The summed E-state index contributed by atoms with van der Waals surface area (Å²) in [6.07, 6.45) is 2.89. The fraction of sp³-hybridized carbons (Fsp3) is 0.154. The molecule has 4 rings (SSSR count). The minimum Gasteiger partial charge on any atom is -0.493 e. The van der Waals surface area contributed by atoms with Crippen molar-refractivity contribution in [1.82, 2.24) is 0 Å². The Bertz CT molecular complexity index is 1200. The summed E-state index contributed by atoms with van der Waals surface area (Å²) >= 11 is 0. The number of anilines is 2. The first-order valence-electron chi connectivity index (χ1n) is 10.4. The van der Waals surface area contributed by atoms with Gasteiger partial charge in [0.2, 0.25) is 5.91 Å². The third-order valence-electron chi connectivity index (χ3n) is 5.23. The van der Waals surface area contributed by atoms with Crippen LogP contribution in [0.15, 0.2) is 72.8 Å². The largest absolute Gasteiger partial charge is 0.493 e. The highest BCUT2D eigenvalue weighted by Gasteiger charge is 2.27. The third-order valence-corrected chi connectivity index (χ3v) is 5.23. The molecule has 7 heteroatoms. The van der Waals surface area contributed by atoms with Crippen LogP contribution in [0.25, 0.3) is 6.08 Å². The molecule has 0 spiro atoms. The van der Waals surface area contributed by atoms with Crippen molar-refractivity contribution < 1.29 is 23.8 Å². The molecule has 7 nitrogen and oxygen atoms in total. The molecule has 1 aliphatic heterocycles. The molecule has 2 amide bonds. The molecule has 1 heterocycles. The van der Waals surface area contributed by atoms with Crippen molar-refractivity contribution in [2.24, 2.45) is 0 Å². The van der Waals surface area contributed by atoms with E-state index in [0.717, 1.165) is 11.1 Å². The van der Waals surface area contributed by atoms with Crippen LogP contribution in [0.4, 0.5) is 11.4 Å². The van der Waals surface area contributed by atoms with E-state index in [9.17, 15) is 9.59 Å². The number of para-hydroxylation sites is 2. The summed E-state index contributed by atoms with van der Waals surface area (Å²) in [4.78, 5) is 25.0. The highest BCUT2D eigenvalue weighted by molar-refractivity contribution is 6.02. The molecular weight excluding hydrogens is 420 g/mol. The zero-order chi connectivity index (χ0) is 23.2. The van der Waals surface area contributed by atoms with Crippen LogP contribution < -0.4 is 24.8 Å². The van der Waals surface area contributed by atoms with E-state index in [4.69, 9.17) is 14.2 Å². The number of fused-ring (bicyclic) bond motifs is 1. The molecule has 0 saturated carbocycles. The van der Waals surface area contributed by atoms with Gasteiger partial charge in [-0.15, -0.1) is 0 Å². The fourth-order valence-corrected chi connectivity index (χ4v) is 3.57. The van der Waals surface area contributed by atoms with E-state index in [1.54, 1.807) is 37.5 Å². The van der Waals surface area contributed by atoms with Gasteiger partial charge in [-0.1, -0.05) is 36.4 Å². The Hall–Kier alpha value is -4.26. The SMILES string of the molecule is COc1ccc(NC(=O)/C=C/c2ccccc2CC2Oc3ccccc3NC2=O)cc1OC. The van der Waals surface area contributed by atoms with E-state index in [2.05, 4.69) is 10.6 Å². The topological polar surface area (TPSA) is 85.9 Å². The molecule has 3 aromatic carbocycles. The van der Waals surface area contributed by atoms with Crippen molar-refractivity contribution in [3.05, 3.63) is 83.9 Å². The quantitative estimate of drug-likeness (QED) is 0.531. The van der Waals surface area contributed by atoms with Gasteiger partial charge in [-0.25, -0.2) is 0 Å². The molecular formula is C26H24N2O5. The third kappa shape index (κ3) is 5.15. The Morgan fingerprint density at radius 1 is 1.03 bits per heavy atom. The summed E-state index contributed by atoms with van der Waals surface area (Å²) in [7, 11) is 3.09. The van der Waals surface area contributed by atoms with Crippen molar-refractivity contribution in [1.29, 1.82) is 0 Å². The molecule has 33 heavy (non-hydrogen) atoms. The fourth-order valence-electron chi connectivity index (χ4n) is 3.57. The van der Waals surface area contributed by atoms with Gasteiger partial charge in [0.15, 0.2) is 17.6 Å². The van der Waals surface area contributed by atoms with Crippen molar-refractivity contribution in [2.75, 3.05) is 24.9 Å². The van der Waals surface area contributed by atoms with Crippen LogP contribution in [0, 0.1) is 0 Å². The first-order valence-corrected chi connectivity index (χ1v) is 10.4. The highest BCUT2D eigenvalue weighted by Crippen LogP contribution is 2.31. The van der Waals surface area contributed by atoms with Crippen molar-refractivity contribution in [2.45, 2.75) is 12.5 Å². The second-order valence-electron chi connectivity index (χ2n) is 7.39. The first kappa shape index (κ1) is 22.0. The van der Waals surface area contributed by atoms with Gasteiger partial charge in [0.05, 0.1) is 19.9 Å². The van der Waals surface area contributed by atoms with E-state index in [-0.39, 0.29) is 11.8 Å². The molecule has 1 unspecified atom stereocenters. The number of benzene rings is 3. The average Bonchev–Trinajstić information content (AvgIpc) is 2.83. The molecule has 3 aromatic rings. The maximum absolute atomic E-state index is 12.5. The van der Waals surface area contributed by atoms with Crippen LogP contribution >= 0.6 is 0 Å². The van der Waals surface area contributed by atoms with Crippen LogP contribution in [0.2, 0.25) is 0 Å². The van der Waals surface area contributed by atoms with E-state index >= 15 is 0 Å². The predicted octanol–water partition coefficient (Wildman–Crippen LogP) is 4.30. The van der Waals surface area contributed by atoms with E-state index in [1.807, 2.05) is 42.5 Å². The number of carbonyl (C=O) groups excluding carboxylic acids is 2. The second kappa shape index (κ2) is 9.91. The maximum Gasteiger partial charge on any atom is 0.265 e. The normalized spacial score (nSPS) is 14.7. The second-order valence-corrected chi connectivity index (χ2v) is 7.39. The average molecular weight is 444 g/mol. The Morgan fingerprint density at radius 3 is 2.61 bits per heavy atom. The first-order chi connectivity index (χ1) is 16.1. The summed E-state index contributed by atoms with van der Waals surface area (Å²) in [5.74, 6) is 1.26. The van der Waals surface area contributed by atoms with Gasteiger partial charge in [-0.3, -0.25) is 9.59 Å². The number of hydrogen-bond donors (Lipinski definition) is 2. The molecule has 0 aromatic heterocycles. The van der Waals surface area contributed by atoms with Gasteiger partial charge in [0.25, 0.3) is 5.91 Å². The molecule has 168 valence electrons. The Morgan fingerprint density at radius 2 is 1.79 bits per heavy atom. The van der Waals surface area contributed by atoms with Crippen molar-refractivity contribution >= 4 is 29.3 Å². The van der Waals surface area contributed by atoms with E-state index < -0.39 is 6.10 Å². The zero-order valence-electron chi connectivity index (χ0n) is 18.3. The van der Waals surface area contributed by atoms with Gasteiger partial charge >= 0.3 is 0 Å². The van der Waals surface area contributed by atoms with Gasteiger partial charge in [-0.05, 0) is 41.5 Å². The molecule has 1 aliphatic rings.